The van der Waals surface area contributed by atoms with Gasteiger partial charge >= 0.3 is 5.97 Å². The van der Waals surface area contributed by atoms with Crippen molar-refractivity contribution in [1.82, 2.24) is 9.78 Å². The van der Waals surface area contributed by atoms with E-state index in [0.29, 0.717) is 0 Å². The van der Waals surface area contributed by atoms with Crippen LogP contribution in [-0.4, -0.2) is 26.9 Å². The molecule has 0 spiro atoms. The first-order valence-electron chi connectivity index (χ1n) is 4.79. The van der Waals surface area contributed by atoms with Crippen molar-refractivity contribution < 1.29 is 9.90 Å². The van der Waals surface area contributed by atoms with Gasteiger partial charge in [0.2, 0.25) is 0 Å². The van der Waals surface area contributed by atoms with Crippen molar-refractivity contribution in [2.75, 3.05) is 0 Å². The maximum Gasteiger partial charge on any atom is 0.320 e. The number of nitrogens with two attached hydrogens (primary N) is 1. The molecule has 5 heteroatoms. The van der Waals surface area contributed by atoms with E-state index < -0.39 is 12.0 Å². The van der Waals surface area contributed by atoms with Crippen LogP contribution >= 0.6 is 0 Å². The predicted octanol–water partition coefficient (Wildman–Crippen LogP) is 0.783. The van der Waals surface area contributed by atoms with Gasteiger partial charge in [-0.1, -0.05) is 13.8 Å². The van der Waals surface area contributed by atoms with Crippen LogP contribution in [0, 0.1) is 12.8 Å². The summed E-state index contributed by atoms with van der Waals surface area (Å²) >= 11 is 0. The molecule has 0 aliphatic heterocycles. The summed E-state index contributed by atoms with van der Waals surface area (Å²) in [6, 6.07) is 1.26. The van der Waals surface area contributed by atoms with E-state index in [0.717, 1.165) is 5.69 Å². The Balaban J connectivity index is 0.000000262. The van der Waals surface area contributed by atoms with E-state index in [1.807, 2.05) is 26.2 Å². The molecule has 0 amide bonds. The van der Waals surface area contributed by atoms with Crippen LogP contribution in [0.5, 0.6) is 0 Å². The van der Waals surface area contributed by atoms with E-state index >= 15 is 0 Å². The molecule has 1 aromatic rings. The fourth-order valence-electron chi connectivity index (χ4n) is 0.816. The lowest BCUT2D eigenvalue weighted by Gasteiger charge is -2.07. The van der Waals surface area contributed by atoms with Crippen LogP contribution in [0.4, 0.5) is 0 Å². The van der Waals surface area contributed by atoms with Crippen LogP contribution in [0.25, 0.3) is 0 Å². The second kappa shape index (κ2) is 6.19. The van der Waals surface area contributed by atoms with Crippen molar-refractivity contribution in [3.05, 3.63) is 18.0 Å². The van der Waals surface area contributed by atoms with E-state index in [4.69, 9.17) is 10.8 Å². The molecule has 0 fully saturated rings. The monoisotopic (exact) mass is 213 g/mol. The Bertz CT molecular complexity index is 291. The Morgan fingerprint density at radius 2 is 2.13 bits per heavy atom. The number of aromatic nitrogens is 2. The van der Waals surface area contributed by atoms with Crippen molar-refractivity contribution >= 4 is 5.97 Å². The van der Waals surface area contributed by atoms with Gasteiger partial charge in [-0.3, -0.25) is 9.48 Å². The Morgan fingerprint density at radius 3 is 2.20 bits per heavy atom. The molecule has 86 valence electrons. The molecule has 0 saturated heterocycles. The highest BCUT2D eigenvalue weighted by atomic mass is 16.4. The van der Waals surface area contributed by atoms with Gasteiger partial charge < -0.3 is 10.8 Å². The minimum absolute atomic E-state index is 0.0208. The van der Waals surface area contributed by atoms with Crippen molar-refractivity contribution in [3.63, 3.8) is 0 Å². The van der Waals surface area contributed by atoms with E-state index in [9.17, 15) is 4.79 Å². The van der Waals surface area contributed by atoms with Gasteiger partial charge in [-0.05, 0) is 18.9 Å². The summed E-state index contributed by atoms with van der Waals surface area (Å²) in [5, 5.41) is 12.3. The number of hydrogen-bond acceptors (Lipinski definition) is 3. The lowest BCUT2D eigenvalue weighted by molar-refractivity contribution is -0.139. The highest BCUT2D eigenvalue weighted by Gasteiger charge is 2.14. The Hall–Kier alpha value is -1.36. The zero-order chi connectivity index (χ0) is 12.0. The zero-order valence-electron chi connectivity index (χ0n) is 9.64. The SMILES string of the molecule is CC(C)[C@H](N)C(=O)O.Cc1ccn(C)n1. The van der Waals surface area contributed by atoms with Gasteiger partial charge in [-0.15, -0.1) is 0 Å². The first kappa shape index (κ1) is 13.6. The standard InChI is InChI=1S/C5H8N2.C5H11NO2/c1-5-3-4-7(2)6-5;1-3(2)4(6)5(7)8/h3-4H,1-2H3;3-4H,6H2,1-2H3,(H,7,8)/t;4-/m.0/s1. The van der Waals surface area contributed by atoms with Crippen molar-refractivity contribution in [3.8, 4) is 0 Å². The maximum absolute atomic E-state index is 10.0. The van der Waals surface area contributed by atoms with Crippen molar-refractivity contribution in [2.45, 2.75) is 26.8 Å². The molecule has 1 rings (SSSR count). The van der Waals surface area contributed by atoms with Gasteiger partial charge in [-0.25, -0.2) is 0 Å². The van der Waals surface area contributed by atoms with E-state index in [1.165, 1.54) is 0 Å². The molecule has 0 aromatic carbocycles. The number of rotatable bonds is 2. The second-order valence-corrected chi connectivity index (χ2v) is 3.74. The lowest BCUT2D eigenvalue weighted by Crippen LogP contribution is -2.34. The summed E-state index contributed by atoms with van der Waals surface area (Å²) in [4.78, 5) is 10.0. The predicted molar refractivity (Wildman–Crippen MR) is 58.4 cm³/mol. The average Bonchev–Trinajstić information content (AvgIpc) is 2.49. The second-order valence-electron chi connectivity index (χ2n) is 3.74. The fourth-order valence-corrected chi connectivity index (χ4v) is 0.816. The van der Waals surface area contributed by atoms with Crippen molar-refractivity contribution in [2.24, 2.45) is 18.7 Å². The minimum Gasteiger partial charge on any atom is -0.480 e. The van der Waals surface area contributed by atoms with Crippen LogP contribution in [0.15, 0.2) is 12.3 Å². The summed E-state index contributed by atoms with van der Waals surface area (Å²) in [5.41, 5.74) is 6.23. The molecule has 5 nitrogen and oxygen atoms in total. The third-order valence-corrected chi connectivity index (χ3v) is 1.85. The van der Waals surface area contributed by atoms with E-state index in [2.05, 4.69) is 5.10 Å². The normalized spacial score (nSPS) is 11.9. The van der Waals surface area contributed by atoms with Crippen molar-refractivity contribution in [1.29, 1.82) is 0 Å². The zero-order valence-corrected chi connectivity index (χ0v) is 9.64. The van der Waals surface area contributed by atoms with Crippen LogP contribution in [0.2, 0.25) is 0 Å². The fraction of sp³-hybridized carbons (Fsp3) is 0.600. The molecule has 1 heterocycles. The van der Waals surface area contributed by atoms with Crippen LogP contribution < -0.4 is 5.73 Å². The van der Waals surface area contributed by atoms with Gasteiger partial charge in [0.1, 0.15) is 6.04 Å². The van der Waals surface area contributed by atoms with Gasteiger partial charge in [0.05, 0.1) is 5.69 Å². The Kier molecular flexibility index (Phi) is 5.62. The highest BCUT2D eigenvalue weighted by Crippen LogP contribution is 1.96. The number of carbonyl (C=O) groups is 1. The summed E-state index contributed by atoms with van der Waals surface area (Å²) in [6.45, 7) is 5.53. The van der Waals surface area contributed by atoms with Crippen LogP contribution in [0.1, 0.15) is 19.5 Å². The molecule has 1 atom stereocenters. The van der Waals surface area contributed by atoms with Gasteiger partial charge in [0.15, 0.2) is 0 Å². The number of carboxylic acids is 1. The lowest BCUT2D eigenvalue weighted by atomic mass is 10.1. The molecule has 15 heavy (non-hydrogen) atoms. The summed E-state index contributed by atoms with van der Waals surface area (Å²) in [7, 11) is 1.91. The quantitative estimate of drug-likeness (QED) is 0.760. The summed E-state index contributed by atoms with van der Waals surface area (Å²) in [6.07, 6.45) is 1.93. The molecule has 0 aliphatic rings. The molecule has 0 unspecified atom stereocenters. The number of nitrogens with zero attached hydrogens (tertiary/aromatic N) is 2. The van der Waals surface area contributed by atoms with Gasteiger partial charge in [0, 0.05) is 13.2 Å². The van der Waals surface area contributed by atoms with E-state index in [-0.39, 0.29) is 5.92 Å². The number of carboxylic acid groups (broad SMARTS) is 1. The first-order valence-corrected chi connectivity index (χ1v) is 4.79. The molecule has 0 radical (unpaired) electrons. The largest absolute Gasteiger partial charge is 0.480 e. The molecule has 3 N–H and O–H groups in total. The average molecular weight is 213 g/mol. The molecule has 0 saturated carbocycles. The maximum atomic E-state index is 10.0. The van der Waals surface area contributed by atoms with Gasteiger partial charge in [0.25, 0.3) is 0 Å². The third-order valence-electron chi connectivity index (χ3n) is 1.85. The van der Waals surface area contributed by atoms with E-state index in [1.54, 1.807) is 18.5 Å². The Morgan fingerprint density at radius 1 is 1.60 bits per heavy atom. The van der Waals surface area contributed by atoms with Gasteiger partial charge in [-0.2, -0.15) is 5.10 Å². The Labute approximate surface area is 89.9 Å². The molecular weight excluding hydrogens is 194 g/mol. The smallest absolute Gasteiger partial charge is 0.320 e. The summed E-state index contributed by atoms with van der Waals surface area (Å²) in [5.74, 6) is -0.910. The molecule has 0 bridgehead atoms. The molecule has 1 aromatic heterocycles. The third kappa shape index (κ3) is 5.85. The molecular formula is C10H19N3O2. The van der Waals surface area contributed by atoms with Crippen LogP contribution in [0.3, 0.4) is 0 Å². The first-order chi connectivity index (χ1) is 6.84. The number of aliphatic carboxylic acids is 1. The number of hydrogen-bond donors (Lipinski definition) is 2. The number of aryl methyl sites for hydroxylation is 2. The molecule has 0 aliphatic carbocycles. The van der Waals surface area contributed by atoms with Crippen LogP contribution in [-0.2, 0) is 11.8 Å². The minimum atomic E-state index is -0.931. The topological polar surface area (TPSA) is 81.1 Å². The summed E-state index contributed by atoms with van der Waals surface area (Å²) < 4.78 is 1.79. The highest BCUT2D eigenvalue weighted by molar-refractivity contribution is 5.73.